The van der Waals surface area contributed by atoms with E-state index in [1.807, 2.05) is 18.2 Å². The molecule has 0 unspecified atom stereocenters. The van der Waals surface area contributed by atoms with Gasteiger partial charge >= 0.3 is 6.03 Å². The largest absolute Gasteiger partial charge is 0.493 e. The lowest BCUT2D eigenvalue weighted by atomic mass is 9.91. The van der Waals surface area contributed by atoms with Gasteiger partial charge in [0.2, 0.25) is 5.91 Å². The predicted octanol–water partition coefficient (Wildman–Crippen LogP) is 4.47. The number of nitrogens with one attached hydrogen (secondary N) is 2. The monoisotopic (exact) mass is 459 g/mol. The van der Waals surface area contributed by atoms with E-state index in [-0.39, 0.29) is 5.78 Å². The molecule has 174 valence electrons. The van der Waals surface area contributed by atoms with Gasteiger partial charge in [-0.3, -0.25) is 9.59 Å². The lowest BCUT2D eigenvalue weighted by molar-refractivity contribution is -0.113. The number of benzene rings is 3. The molecular weight excluding hydrogens is 434 g/mol. The molecule has 3 aromatic rings. The molecule has 8 nitrogen and oxygen atoms in total. The highest BCUT2D eigenvalue weighted by Gasteiger charge is 2.19. The number of ether oxygens (including phenoxy) is 2. The summed E-state index contributed by atoms with van der Waals surface area (Å²) in [5, 5.41) is 5.49. The fourth-order valence-electron chi connectivity index (χ4n) is 3.40. The molecule has 0 heterocycles. The van der Waals surface area contributed by atoms with E-state index in [0.717, 1.165) is 0 Å². The quantitative estimate of drug-likeness (QED) is 0.339. The second-order valence-corrected chi connectivity index (χ2v) is 7.29. The first-order valence-corrected chi connectivity index (χ1v) is 10.3. The summed E-state index contributed by atoms with van der Waals surface area (Å²) in [5.74, 6) is -0.112. The van der Waals surface area contributed by atoms with Crippen LogP contribution in [0.25, 0.3) is 5.57 Å². The van der Waals surface area contributed by atoms with Crippen molar-refractivity contribution in [1.82, 2.24) is 0 Å². The molecule has 34 heavy (non-hydrogen) atoms. The van der Waals surface area contributed by atoms with Crippen molar-refractivity contribution in [2.75, 3.05) is 24.9 Å². The summed E-state index contributed by atoms with van der Waals surface area (Å²) >= 11 is 0. The van der Waals surface area contributed by atoms with Gasteiger partial charge in [0, 0.05) is 23.0 Å². The number of para-hydroxylation sites is 1. The Labute approximate surface area is 197 Å². The van der Waals surface area contributed by atoms with Crippen molar-refractivity contribution < 1.29 is 23.9 Å². The molecule has 3 aromatic carbocycles. The second-order valence-electron chi connectivity index (χ2n) is 7.29. The van der Waals surface area contributed by atoms with Crippen LogP contribution in [0.4, 0.5) is 16.2 Å². The summed E-state index contributed by atoms with van der Waals surface area (Å²) in [6.07, 6.45) is 1.25. The number of rotatable bonds is 8. The molecule has 0 atom stereocenters. The first kappa shape index (κ1) is 24.1. The van der Waals surface area contributed by atoms with Crippen LogP contribution in [0.3, 0.4) is 0 Å². The highest BCUT2D eigenvalue weighted by Crippen LogP contribution is 2.36. The Morgan fingerprint density at radius 3 is 1.82 bits per heavy atom. The second kappa shape index (κ2) is 10.8. The highest BCUT2D eigenvalue weighted by molar-refractivity contribution is 6.06. The third-order valence-electron chi connectivity index (χ3n) is 4.97. The standard InChI is InChI=1S/C26H25N3O5/c1-16(30)20-13-23(33-2)24(34-3)14-22(20)21(15-25(27)31)17-9-11-19(12-10-17)29-26(32)28-18-7-5-4-6-8-18/h4-15H,1-3H3,(H2,27,31)(H2,28,29,32). The van der Waals surface area contributed by atoms with Gasteiger partial charge in [-0.05, 0) is 60.0 Å². The number of nitrogens with two attached hydrogens (primary N) is 1. The third-order valence-corrected chi connectivity index (χ3v) is 4.97. The van der Waals surface area contributed by atoms with Crippen molar-refractivity contribution in [3.8, 4) is 11.5 Å². The molecule has 0 saturated carbocycles. The normalized spacial score (nSPS) is 10.9. The number of Topliss-reactive ketones (excluding diaryl/α,β-unsaturated/α-hetero) is 1. The van der Waals surface area contributed by atoms with Crippen LogP contribution in [0, 0.1) is 0 Å². The van der Waals surface area contributed by atoms with Gasteiger partial charge in [-0.1, -0.05) is 30.3 Å². The molecule has 4 N–H and O–H groups in total. The Morgan fingerprint density at radius 2 is 1.32 bits per heavy atom. The van der Waals surface area contributed by atoms with Crippen molar-refractivity contribution in [2.45, 2.75) is 6.92 Å². The molecular formula is C26H25N3O5. The molecule has 0 fully saturated rings. The number of urea groups is 1. The van der Waals surface area contributed by atoms with Gasteiger partial charge in [-0.2, -0.15) is 0 Å². The summed E-state index contributed by atoms with van der Waals surface area (Å²) in [5.41, 5.74) is 8.52. The number of carbonyl (C=O) groups excluding carboxylic acids is 3. The van der Waals surface area contributed by atoms with Crippen molar-refractivity contribution in [2.24, 2.45) is 5.73 Å². The van der Waals surface area contributed by atoms with Gasteiger partial charge < -0.3 is 25.8 Å². The maximum atomic E-state index is 12.4. The number of ketones is 1. The number of anilines is 2. The number of primary amides is 1. The Hall–Kier alpha value is -4.59. The molecule has 8 heteroatoms. The van der Waals surface area contributed by atoms with Gasteiger partial charge in [-0.15, -0.1) is 0 Å². The minimum absolute atomic E-state index is 0.220. The Morgan fingerprint density at radius 1 is 0.794 bits per heavy atom. The summed E-state index contributed by atoms with van der Waals surface area (Å²) in [4.78, 5) is 36.5. The molecule has 3 amide bonds. The molecule has 0 aliphatic rings. The van der Waals surface area contributed by atoms with Crippen LogP contribution in [0.2, 0.25) is 0 Å². The minimum Gasteiger partial charge on any atom is -0.493 e. The molecule has 0 aromatic heterocycles. The number of amides is 3. The van der Waals surface area contributed by atoms with Crippen LogP contribution in [-0.4, -0.2) is 31.9 Å². The third kappa shape index (κ3) is 5.80. The SMILES string of the molecule is COc1cc(C(C)=O)c(C(=CC(N)=O)c2ccc(NC(=O)Nc3ccccc3)cc2)cc1OC. The highest BCUT2D eigenvalue weighted by atomic mass is 16.5. The summed E-state index contributed by atoms with van der Waals surface area (Å²) < 4.78 is 10.7. The van der Waals surface area contributed by atoms with Gasteiger partial charge in [0.15, 0.2) is 17.3 Å². The van der Waals surface area contributed by atoms with Crippen LogP contribution in [0.5, 0.6) is 11.5 Å². The van der Waals surface area contributed by atoms with Crippen LogP contribution in [0.15, 0.2) is 72.8 Å². The molecule has 0 bridgehead atoms. The van der Waals surface area contributed by atoms with E-state index < -0.39 is 11.9 Å². The van der Waals surface area contributed by atoms with Gasteiger partial charge in [-0.25, -0.2) is 4.79 Å². The van der Waals surface area contributed by atoms with Gasteiger partial charge in [0.1, 0.15) is 0 Å². The molecule has 0 aliphatic carbocycles. The van der Waals surface area contributed by atoms with Crippen LogP contribution in [-0.2, 0) is 4.79 Å². The molecule has 0 saturated heterocycles. The lowest BCUT2D eigenvalue weighted by Gasteiger charge is -2.16. The van der Waals surface area contributed by atoms with Crippen LogP contribution >= 0.6 is 0 Å². The van der Waals surface area contributed by atoms with Crippen LogP contribution < -0.4 is 25.8 Å². The average Bonchev–Trinajstić information content (AvgIpc) is 2.82. The topological polar surface area (TPSA) is 120 Å². The molecule has 3 rings (SSSR count). The Balaban J connectivity index is 1.95. The van der Waals surface area contributed by atoms with Crippen molar-refractivity contribution in [3.63, 3.8) is 0 Å². The maximum Gasteiger partial charge on any atom is 0.323 e. The van der Waals surface area contributed by atoms with E-state index in [2.05, 4.69) is 10.6 Å². The van der Waals surface area contributed by atoms with E-state index in [4.69, 9.17) is 15.2 Å². The zero-order valence-corrected chi connectivity index (χ0v) is 19.0. The van der Waals surface area contributed by atoms with Crippen molar-refractivity contribution in [1.29, 1.82) is 0 Å². The Bertz CT molecular complexity index is 1240. The number of hydrogen-bond donors (Lipinski definition) is 3. The lowest BCUT2D eigenvalue weighted by Crippen LogP contribution is -2.19. The first-order chi connectivity index (χ1) is 16.3. The predicted molar refractivity (Wildman–Crippen MR) is 131 cm³/mol. The molecule has 0 aliphatic heterocycles. The van der Waals surface area contributed by atoms with Crippen molar-refractivity contribution in [3.05, 3.63) is 89.5 Å². The van der Waals surface area contributed by atoms with Gasteiger partial charge in [0.25, 0.3) is 0 Å². The Kier molecular flexibility index (Phi) is 7.66. The minimum atomic E-state index is -0.677. The van der Waals surface area contributed by atoms with E-state index in [1.165, 1.54) is 27.2 Å². The summed E-state index contributed by atoms with van der Waals surface area (Å²) in [6.45, 7) is 1.42. The summed E-state index contributed by atoms with van der Waals surface area (Å²) in [7, 11) is 2.95. The fraction of sp³-hybridized carbons (Fsp3) is 0.115. The summed E-state index contributed by atoms with van der Waals surface area (Å²) in [6, 6.07) is 18.6. The maximum absolute atomic E-state index is 12.4. The smallest absolute Gasteiger partial charge is 0.323 e. The van der Waals surface area contributed by atoms with E-state index in [1.54, 1.807) is 48.5 Å². The zero-order valence-electron chi connectivity index (χ0n) is 19.0. The van der Waals surface area contributed by atoms with Gasteiger partial charge in [0.05, 0.1) is 14.2 Å². The fourth-order valence-corrected chi connectivity index (χ4v) is 3.40. The van der Waals surface area contributed by atoms with Crippen molar-refractivity contribution >= 4 is 34.7 Å². The zero-order chi connectivity index (χ0) is 24.7. The van der Waals surface area contributed by atoms with Crippen LogP contribution in [0.1, 0.15) is 28.4 Å². The van der Waals surface area contributed by atoms with E-state index in [9.17, 15) is 14.4 Å². The number of carbonyl (C=O) groups is 3. The average molecular weight is 460 g/mol. The molecule has 0 spiro atoms. The molecule has 0 radical (unpaired) electrons. The first-order valence-electron chi connectivity index (χ1n) is 10.3. The van der Waals surface area contributed by atoms with E-state index >= 15 is 0 Å². The van der Waals surface area contributed by atoms with E-state index in [0.29, 0.717) is 45.1 Å². The number of methoxy groups -OCH3 is 2. The number of hydrogen-bond acceptors (Lipinski definition) is 5.